The zero-order valence-electron chi connectivity index (χ0n) is 16.9. The molecule has 0 aliphatic carbocycles. The zero-order chi connectivity index (χ0) is 20.6. The summed E-state index contributed by atoms with van der Waals surface area (Å²) in [4.78, 5) is 29.3. The Morgan fingerprint density at radius 3 is 2.32 bits per heavy atom. The Kier molecular flexibility index (Phi) is 8.12. The molecular formula is C22H29ClN2O3. The van der Waals surface area contributed by atoms with E-state index in [9.17, 15) is 9.59 Å². The second-order valence-corrected chi connectivity index (χ2v) is 7.83. The number of hydrogen-bond donors (Lipinski definition) is 0. The lowest BCUT2D eigenvalue weighted by atomic mass is 9.94. The molecule has 1 heterocycles. The van der Waals surface area contributed by atoms with Gasteiger partial charge in [0.15, 0.2) is 0 Å². The molecule has 2 amide bonds. The predicted molar refractivity (Wildman–Crippen MR) is 111 cm³/mol. The summed E-state index contributed by atoms with van der Waals surface area (Å²) in [7, 11) is 0. The van der Waals surface area contributed by atoms with E-state index in [1.54, 1.807) is 36.0 Å². The molecule has 5 nitrogen and oxygen atoms in total. The Hall–Kier alpha value is -2.27. The Labute approximate surface area is 172 Å². The van der Waals surface area contributed by atoms with Crippen LogP contribution in [0.4, 0.5) is 0 Å². The van der Waals surface area contributed by atoms with Crippen molar-refractivity contribution in [1.29, 1.82) is 0 Å². The Balaban J connectivity index is 2.17. The first kappa shape index (κ1) is 22.0. The molecule has 152 valence electrons. The van der Waals surface area contributed by atoms with Gasteiger partial charge in [-0.3, -0.25) is 9.59 Å². The van der Waals surface area contributed by atoms with Crippen molar-refractivity contribution in [3.63, 3.8) is 0 Å². The molecule has 0 unspecified atom stereocenters. The Bertz CT molecular complexity index is 744. The first-order chi connectivity index (χ1) is 13.4. The van der Waals surface area contributed by atoms with Crippen molar-refractivity contribution in [1.82, 2.24) is 9.80 Å². The van der Waals surface area contributed by atoms with Gasteiger partial charge in [0.05, 0.1) is 24.8 Å². The summed E-state index contributed by atoms with van der Waals surface area (Å²) in [5, 5.41) is 0. The highest BCUT2D eigenvalue weighted by Crippen LogP contribution is 2.21. The summed E-state index contributed by atoms with van der Waals surface area (Å²) in [6.45, 7) is 6.95. The molecule has 0 spiro atoms. The highest BCUT2D eigenvalue weighted by Gasteiger charge is 2.32. The molecule has 28 heavy (non-hydrogen) atoms. The van der Waals surface area contributed by atoms with E-state index in [0.29, 0.717) is 25.4 Å². The second-order valence-electron chi connectivity index (χ2n) is 7.56. The summed E-state index contributed by atoms with van der Waals surface area (Å²) in [6, 6.07) is 13.4. The number of furan rings is 1. The van der Waals surface area contributed by atoms with Gasteiger partial charge in [-0.15, -0.1) is 11.6 Å². The lowest BCUT2D eigenvalue weighted by Gasteiger charge is -2.32. The topological polar surface area (TPSA) is 53.8 Å². The van der Waals surface area contributed by atoms with Crippen LogP contribution in [-0.2, 0) is 22.7 Å². The van der Waals surface area contributed by atoms with E-state index in [1.165, 1.54) is 0 Å². The van der Waals surface area contributed by atoms with Gasteiger partial charge in [0.2, 0.25) is 11.8 Å². The van der Waals surface area contributed by atoms with E-state index in [0.717, 1.165) is 12.0 Å². The van der Waals surface area contributed by atoms with Crippen LogP contribution in [0.3, 0.4) is 0 Å². The quantitative estimate of drug-likeness (QED) is 0.554. The molecule has 1 aromatic heterocycles. The van der Waals surface area contributed by atoms with E-state index < -0.39 is 5.41 Å². The molecule has 0 saturated carbocycles. The number of nitrogens with zero attached hydrogens (tertiary/aromatic N) is 2. The molecule has 6 heteroatoms. The molecule has 1 aromatic carbocycles. The standard InChI is InChI=1S/C22H29ClN2O3/c1-4-12-24(21(27)22(2,3)17-23)16-20(26)25(15-19-11-8-13-28-19)14-18-9-6-5-7-10-18/h5-11,13H,4,12,14-17H2,1-3H3. The first-order valence-electron chi connectivity index (χ1n) is 9.56. The number of rotatable bonds is 10. The summed E-state index contributed by atoms with van der Waals surface area (Å²) in [5.41, 5.74) is 0.319. The number of halogens is 1. The molecule has 0 bridgehead atoms. The molecule has 2 rings (SSSR count). The van der Waals surface area contributed by atoms with E-state index in [4.69, 9.17) is 16.0 Å². The van der Waals surface area contributed by atoms with Crippen molar-refractivity contribution in [2.75, 3.05) is 19.0 Å². The maximum Gasteiger partial charge on any atom is 0.242 e. The molecule has 2 aromatic rings. The minimum Gasteiger partial charge on any atom is -0.467 e. The zero-order valence-corrected chi connectivity index (χ0v) is 17.6. The molecule has 0 fully saturated rings. The predicted octanol–water partition coefficient (Wildman–Crippen LogP) is 4.31. The number of carbonyl (C=O) groups excluding carboxylic acids is 2. The van der Waals surface area contributed by atoms with Crippen molar-refractivity contribution in [2.45, 2.75) is 40.3 Å². The SMILES string of the molecule is CCCN(CC(=O)N(Cc1ccccc1)Cc1ccco1)C(=O)C(C)(C)CCl. The van der Waals surface area contributed by atoms with Crippen LogP contribution in [-0.4, -0.2) is 40.6 Å². The van der Waals surface area contributed by atoms with Gasteiger partial charge in [-0.2, -0.15) is 0 Å². The summed E-state index contributed by atoms with van der Waals surface area (Å²) < 4.78 is 5.43. The Morgan fingerprint density at radius 1 is 1.04 bits per heavy atom. The number of amides is 2. The maximum absolute atomic E-state index is 13.1. The van der Waals surface area contributed by atoms with Crippen LogP contribution in [0, 0.1) is 5.41 Å². The number of hydrogen-bond acceptors (Lipinski definition) is 3. The van der Waals surface area contributed by atoms with Crippen LogP contribution in [0.25, 0.3) is 0 Å². The molecule has 0 aliphatic heterocycles. The monoisotopic (exact) mass is 404 g/mol. The van der Waals surface area contributed by atoms with E-state index >= 15 is 0 Å². The smallest absolute Gasteiger partial charge is 0.242 e. The minimum atomic E-state index is -0.706. The fraction of sp³-hybridized carbons (Fsp3) is 0.455. The van der Waals surface area contributed by atoms with Crippen LogP contribution in [0.2, 0.25) is 0 Å². The van der Waals surface area contributed by atoms with Gasteiger partial charge in [0.25, 0.3) is 0 Å². The number of benzene rings is 1. The van der Waals surface area contributed by atoms with Gasteiger partial charge in [-0.25, -0.2) is 0 Å². The number of alkyl halides is 1. The normalized spacial score (nSPS) is 11.3. The van der Waals surface area contributed by atoms with Crippen LogP contribution in [0.5, 0.6) is 0 Å². The molecular weight excluding hydrogens is 376 g/mol. The van der Waals surface area contributed by atoms with Crippen molar-refractivity contribution >= 4 is 23.4 Å². The van der Waals surface area contributed by atoms with Crippen LogP contribution in [0.15, 0.2) is 53.1 Å². The summed E-state index contributed by atoms with van der Waals surface area (Å²) in [5.74, 6) is 0.696. The van der Waals surface area contributed by atoms with Gasteiger partial charge in [-0.1, -0.05) is 37.3 Å². The van der Waals surface area contributed by atoms with Crippen molar-refractivity contribution in [3.8, 4) is 0 Å². The van der Waals surface area contributed by atoms with Crippen LogP contribution < -0.4 is 0 Å². The molecule has 0 saturated heterocycles. The van der Waals surface area contributed by atoms with Crippen molar-refractivity contribution in [2.24, 2.45) is 5.41 Å². The largest absolute Gasteiger partial charge is 0.467 e. The van der Waals surface area contributed by atoms with E-state index in [1.807, 2.05) is 43.3 Å². The molecule has 0 radical (unpaired) electrons. The molecule has 0 atom stereocenters. The van der Waals surface area contributed by atoms with Gasteiger partial charge >= 0.3 is 0 Å². The average molecular weight is 405 g/mol. The summed E-state index contributed by atoms with van der Waals surface area (Å²) in [6.07, 6.45) is 2.37. The fourth-order valence-corrected chi connectivity index (χ4v) is 3.01. The van der Waals surface area contributed by atoms with Gasteiger partial charge in [0.1, 0.15) is 5.76 Å². The minimum absolute atomic E-state index is 0.0283. The van der Waals surface area contributed by atoms with Crippen molar-refractivity contribution < 1.29 is 14.0 Å². The lowest BCUT2D eigenvalue weighted by Crippen LogP contribution is -2.47. The highest BCUT2D eigenvalue weighted by atomic mass is 35.5. The Morgan fingerprint density at radius 2 is 1.75 bits per heavy atom. The lowest BCUT2D eigenvalue weighted by molar-refractivity contribution is -0.146. The average Bonchev–Trinajstić information content (AvgIpc) is 3.20. The van der Waals surface area contributed by atoms with Gasteiger partial charge < -0.3 is 14.2 Å². The van der Waals surface area contributed by atoms with Gasteiger partial charge in [0, 0.05) is 19.0 Å². The van der Waals surface area contributed by atoms with Gasteiger partial charge in [-0.05, 0) is 38.0 Å². The van der Waals surface area contributed by atoms with E-state index in [-0.39, 0.29) is 24.2 Å². The second kappa shape index (κ2) is 10.3. The maximum atomic E-state index is 13.1. The third-order valence-corrected chi connectivity index (χ3v) is 5.18. The van der Waals surface area contributed by atoms with E-state index in [2.05, 4.69) is 0 Å². The number of carbonyl (C=O) groups is 2. The highest BCUT2D eigenvalue weighted by molar-refractivity contribution is 6.19. The summed E-state index contributed by atoms with van der Waals surface area (Å²) >= 11 is 5.98. The fourth-order valence-electron chi connectivity index (χ4n) is 2.90. The van der Waals surface area contributed by atoms with Crippen molar-refractivity contribution in [3.05, 3.63) is 60.1 Å². The molecule has 0 N–H and O–H groups in total. The van der Waals surface area contributed by atoms with Crippen LogP contribution >= 0.6 is 11.6 Å². The third-order valence-electron chi connectivity index (χ3n) is 4.52. The first-order valence-corrected chi connectivity index (χ1v) is 10.1. The molecule has 0 aliphatic rings. The third kappa shape index (κ3) is 6.13. The van der Waals surface area contributed by atoms with Crippen LogP contribution in [0.1, 0.15) is 38.5 Å².